The van der Waals surface area contributed by atoms with Crippen LogP contribution in [0.1, 0.15) is 46.5 Å². The number of hydrogen-bond donors (Lipinski definition) is 1. The molecule has 1 aliphatic carbocycles. The summed E-state index contributed by atoms with van der Waals surface area (Å²) in [5.74, 6) is -0.156. The quantitative estimate of drug-likeness (QED) is 0.761. The predicted octanol–water partition coefficient (Wildman–Crippen LogP) is 2.44. The summed E-state index contributed by atoms with van der Waals surface area (Å²) >= 11 is 0. The molecule has 1 saturated carbocycles. The molecule has 1 rings (SSSR count). The minimum atomic E-state index is -0.902. The number of ether oxygens (including phenoxy) is 1. The highest BCUT2D eigenvalue weighted by molar-refractivity contribution is 5.77. The average molecular weight is 200 g/mol. The van der Waals surface area contributed by atoms with Gasteiger partial charge in [-0.25, -0.2) is 4.79 Å². The molecule has 0 aromatic rings. The van der Waals surface area contributed by atoms with Gasteiger partial charge in [-0.2, -0.15) is 0 Å². The molecule has 0 atom stereocenters. The Labute approximate surface area is 85.5 Å². The Hall–Kier alpha value is -0.570. The molecule has 1 N–H and O–H groups in total. The van der Waals surface area contributed by atoms with Crippen LogP contribution in [0, 0.1) is 5.92 Å². The van der Waals surface area contributed by atoms with Crippen LogP contribution in [0.25, 0.3) is 0 Å². The Balaban J connectivity index is 2.68. The average Bonchev–Trinajstić information content (AvgIpc) is 2.08. The van der Waals surface area contributed by atoms with Crippen LogP contribution in [0.15, 0.2) is 0 Å². The maximum atomic E-state index is 11.2. The summed E-state index contributed by atoms with van der Waals surface area (Å²) in [6.07, 6.45) is 3.21. The zero-order valence-corrected chi connectivity index (χ0v) is 9.25. The molecular weight excluding hydrogens is 180 g/mol. The molecule has 0 unspecified atom stereocenters. The summed E-state index contributed by atoms with van der Waals surface area (Å²) in [5.41, 5.74) is -0.902. The standard InChI is InChI=1S/C11H20O3/c1-8(2)14-11(10(12)13)6-4-9(3)5-7-11/h8-9H,4-7H2,1-3H3,(H,12,13). The smallest absolute Gasteiger partial charge is 0.335 e. The molecule has 1 aliphatic rings. The van der Waals surface area contributed by atoms with E-state index in [2.05, 4.69) is 6.92 Å². The van der Waals surface area contributed by atoms with E-state index >= 15 is 0 Å². The number of aliphatic carboxylic acids is 1. The summed E-state index contributed by atoms with van der Waals surface area (Å²) in [5, 5.41) is 9.20. The van der Waals surface area contributed by atoms with Crippen molar-refractivity contribution in [2.24, 2.45) is 5.92 Å². The third kappa shape index (κ3) is 2.47. The van der Waals surface area contributed by atoms with E-state index in [9.17, 15) is 9.90 Å². The van der Waals surface area contributed by atoms with Gasteiger partial charge in [0, 0.05) is 0 Å². The van der Waals surface area contributed by atoms with E-state index in [0.717, 1.165) is 12.8 Å². The second kappa shape index (κ2) is 4.30. The Morgan fingerprint density at radius 2 is 1.93 bits per heavy atom. The fraction of sp³-hybridized carbons (Fsp3) is 0.909. The van der Waals surface area contributed by atoms with Crippen molar-refractivity contribution in [3.05, 3.63) is 0 Å². The largest absolute Gasteiger partial charge is 0.479 e. The van der Waals surface area contributed by atoms with Crippen molar-refractivity contribution in [3.8, 4) is 0 Å². The van der Waals surface area contributed by atoms with E-state index in [1.165, 1.54) is 0 Å². The first-order valence-corrected chi connectivity index (χ1v) is 5.37. The number of rotatable bonds is 3. The van der Waals surface area contributed by atoms with E-state index in [-0.39, 0.29) is 6.10 Å². The monoisotopic (exact) mass is 200 g/mol. The zero-order valence-electron chi connectivity index (χ0n) is 9.25. The second-order valence-electron chi connectivity index (χ2n) is 4.65. The molecule has 3 heteroatoms. The fourth-order valence-electron chi connectivity index (χ4n) is 2.06. The first kappa shape index (κ1) is 11.5. The molecule has 0 saturated heterocycles. The van der Waals surface area contributed by atoms with E-state index in [4.69, 9.17) is 4.74 Å². The van der Waals surface area contributed by atoms with Crippen molar-refractivity contribution in [1.82, 2.24) is 0 Å². The number of carbonyl (C=O) groups is 1. The SMILES string of the molecule is CC1CCC(OC(C)C)(C(=O)O)CC1. The van der Waals surface area contributed by atoms with Crippen LogP contribution < -0.4 is 0 Å². The number of carboxylic acid groups (broad SMARTS) is 1. The molecular formula is C11H20O3. The van der Waals surface area contributed by atoms with Crippen molar-refractivity contribution in [2.75, 3.05) is 0 Å². The van der Waals surface area contributed by atoms with Crippen LogP contribution in [0.2, 0.25) is 0 Å². The topological polar surface area (TPSA) is 46.5 Å². The van der Waals surface area contributed by atoms with Crippen molar-refractivity contribution in [3.63, 3.8) is 0 Å². The third-order valence-corrected chi connectivity index (χ3v) is 2.93. The van der Waals surface area contributed by atoms with Gasteiger partial charge in [-0.3, -0.25) is 0 Å². The van der Waals surface area contributed by atoms with Crippen LogP contribution in [-0.4, -0.2) is 22.8 Å². The van der Waals surface area contributed by atoms with E-state index in [1.54, 1.807) is 0 Å². The van der Waals surface area contributed by atoms with Crippen LogP contribution in [0.5, 0.6) is 0 Å². The first-order chi connectivity index (χ1) is 6.46. The molecule has 3 nitrogen and oxygen atoms in total. The molecule has 82 valence electrons. The summed E-state index contributed by atoms with van der Waals surface area (Å²) in [6.45, 7) is 5.95. The summed E-state index contributed by atoms with van der Waals surface area (Å²) in [7, 11) is 0. The highest BCUT2D eigenvalue weighted by Crippen LogP contribution is 2.35. The van der Waals surface area contributed by atoms with Crippen LogP contribution in [0.3, 0.4) is 0 Å². The molecule has 1 fully saturated rings. The van der Waals surface area contributed by atoms with E-state index < -0.39 is 11.6 Å². The van der Waals surface area contributed by atoms with Gasteiger partial charge in [0.2, 0.25) is 0 Å². The molecule has 0 heterocycles. The Morgan fingerprint density at radius 1 is 1.43 bits per heavy atom. The van der Waals surface area contributed by atoms with Crippen LogP contribution in [-0.2, 0) is 9.53 Å². The van der Waals surface area contributed by atoms with Gasteiger partial charge in [-0.15, -0.1) is 0 Å². The second-order valence-corrected chi connectivity index (χ2v) is 4.65. The van der Waals surface area contributed by atoms with Crippen molar-refractivity contribution >= 4 is 5.97 Å². The lowest BCUT2D eigenvalue weighted by Crippen LogP contribution is -2.46. The first-order valence-electron chi connectivity index (χ1n) is 5.37. The minimum absolute atomic E-state index is 0.0143. The predicted molar refractivity (Wildman–Crippen MR) is 54.2 cm³/mol. The Morgan fingerprint density at radius 3 is 2.29 bits per heavy atom. The normalized spacial score (nSPS) is 33.3. The molecule has 0 amide bonds. The minimum Gasteiger partial charge on any atom is -0.479 e. The lowest BCUT2D eigenvalue weighted by molar-refractivity contribution is -0.178. The highest BCUT2D eigenvalue weighted by Gasteiger charge is 2.42. The summed E-state index contributed by atoms with van der Waals surface area (Å²) < 4.78 is 5.59. The highest BCUT2D eigenvalue weighted by atomic mass is 16.5. The lowest BCUT2D eigenvalue weighted by Gasteiger charge is -2.36. The van der Waals surface area contributed by atoms with Gasteiger partial charge in [0.1, 0.15) is 0 Å². The van der Waals surface area contributed by atoms with Gasteiger partial charge in [0.05, 0.1) is 6.10 Å². The number of hydrogen-bond acceptors (Lipinski definition) is 2. The Kier molecular flexibility index (Phi) is 3.53. The van der Waals surface area contributed by atoms with Crippen molar-refractivity contribution < 1.29 is 14.6 Å². The molecule has 0 bridgehead atoms. The molecule has 14 heavy (non-hydrogen) atoms. The van der Waals surface area contributed by atoms with Gasteiger partial charge in [-0.05, 0) is 45.4 Å². The maximum Gasteiger partial charge on any atom is 0.335 e. The van der Waals surface area contributed by atoms with Gasteiger partial charge in [0.25, 0.3) is 0 Å². The van der Waals surface area contributed by atoms with Crippen molar-refractivity contribution in [1.29, 1.82) is 0 Å². The zero-order chi connectivity index (χ0) is 10.8. The summed E-state index contributed by atoms with van der Waals surface area (Å²) in [4.78, 5) is 11.2. The van der Waals surface area contributed by atoms with E-state index in [0.29, 0.717) is 18.8 Å². The molecule has 0 spiro atoms. The van der Waals surface area contributed by atoms with Crippen molar-refractivity contribution in [2.45, 2.75) is 58.2 Å². The number of carboxylic acids is 1. The lowest BCUT2D eigenvalue weighted by atomic mass is 9.79. The molecule has 0 aliphatic heterocycles. The van der Waals surface area contributed by atoms with Crippen LogP contribution in [0.4, 0.5) is 0 Å². The Bertz CT molecular complexity index is 203. The molecule has 0 aromatic carbocycles. The van der Waals surface area contributed by atoms with Gasteiger partial charge in [0.15, 0.2) is 5.60 Å². The maximum absolute atomic E-state index is 11.2. The fourth-order valence-corrected chi connectivity index (χ4v) is 2.06. The van der Waals surface area contributed by atoms with Gasteiger partial charge < -0.3 is 9.84 Å². The molecule has 0 aromatic heterocycles. The van der Waals surface area contributed by atoms with Crippen LogP contribution >= 0.6 is 0 Å². The van der Waals surface area contributed by atoms with E-state index in [1.807, 2.05) is 13.8 Å². The summed E-state index contributed by atoms with van der Waals surface area (Å²) in [6, 6.07) is 0. The van der Waals surface area contributed by atoms with Gasteiger partial charge >= 0.3 is 5.97 Å². The third-order valence-electron chi connectivity index (χ3n) is 2.93. The van der Waals surface area contributed by atoms with Gasteiger partial charge in [-0.1, -0.05) is 6.92 Å². The molecule has 0 radical (unpaired) electrons.